The van der Waals surface area contributed by atoms with Crippen molar-refractivity contribution in [3.05, 3.63) is 0 Å². The van der Waals surface area contributed by atoms with Crippen LogP contribution in [0.1, 0.15) is 46.0 Å². The van der Waals surface area contributed by atoms with Crippen LogP contribution in [0.2, 0.25) is 0 Å². The van der Waals surface area contributed by atoms with Crippen LogP contribution in [0.25, 0.3) is 0 Å². The minimum atomic E-state index is -0.871. The summed E-state index contributed by atoms with van der Waals surface area (Å²) in [5.41, 5.74) is 0. The van der Waals surface area contributed by atoms with Gasteiger partial charge in [-0.05, 0) is 38.9 Å². The van der Waals surface area contributed by atoms with Crippen molar-refractivity contribution in [2.75, 3.05) is 58.9 Å². The average Bonchev–Trinajstić information content (AvgIpc) is 2.60. The van der Waals surface area contributed by atoms with E-state index in [0.717, 1.165) is 38.9 Å². The van der Waals surface area contributed by atoms with Crippen molar-refractivity contribution in [2.24, 2.45) is 0 Å². The van der Waals surface area contributed by atoms with Gasteiger partial charge in [0.25, 0.3) is 0 Å². The van der Waals surface area contributed by atoms with Crippen molar-refractivity contribution in [1.29, 1.82) is 0 Å². The lowest BCUT2D eigenvalue weighted by Crippen LogP contribution is -2.42. The number of carboxylic acid groups (broad SMARTS) is 3. The molecule has 0 aromatic heterocycles. The normalized spacial score (nSPS) is 11.5. The van der Waals surface area contributed by atoms with Crippen LogP contribution in [0, 0.1) is 0 Å². The molecule has 164 valence electrons. The first kappa shape index (κ1) is 26.3. The van der Waals surface area contributed by atoms with E-state index < -0.39 is 17.9 Å². The van der Waals surface area contributed by atoms with Gasteiger partial charge in [0.1, 0.15) is 0 Å². The second-order valence-electron chi connectivity index (χ2n) is 6.98. The predicted molar refractivity (Wildman–Crippen MR) is 107 cm³/mol. The van der Waals surface area contributed by atoms with Crippen molar-refractivity contribution in [3.63, 3.8) is 0 Å². The molecule has 0 atom stereocenters. The Morgan fingerprint density at radius 2 is 1.11 bits per heavy atom. The Balaban J connectivity index is 4.37. The third-order valence-corrected chi connectivity index (χ3v) is 4.53. The van der Waals surface area contributed by atoms with E-state index in [1.165, 1.54) is 0 Å². The molecule has 28 heavy (non-hydrogen) atoms. The van der Waals surface area contributed by atoms with Gasteiger partial charge in [-0.3, -0.25) is 24.2 Å². The molecule has 0 saturated heterocycles. The molecule has 0 rings (SSSR count). The van der Waals surface area contributed by atoms with E-state index in [-0.39, 0.29) is 19.5 Å². The van der Waals surface area contributed by atoms with E-state index in [9.17, 15) is 14.4 Å². The summed E-state index contributed by atoms with van der Waals surface area (Å²) in [5.74, 6) is -2.50. The molecule has 0 aromatic rings. The molecule has 0 amide bonds. The molecular formula is C19H37N3O6. The Morgan fingerprint density at radius 1 is 0.607 bits per heavy atom. The van der Waals surface area contributed by atoms with Gasteiger partial charge < -0.3 is 20.2 Å². The van der Waals surface area contributed by atoms with Crippen LogP contribution in [-0.2, 0) is 14.4 Å². The predicted octanol–water partition coefficient (Wildman–Crippen LogP) is 1.14. The highest BCUT2D eigenvalue weighted by Crippen LogP contribution is 2.03. The van der Waals surface area contributed by atoms with Gasteiger partial charge >= 0.3 is 17.9 Å². The quantitative estimate of drug-likeness (QED) is 0.272. The smallest absolute Gasteiger partial charge is 0.317 e. The molecule has 9 heteroatoms. The Kier molecular flexibility index (Phi) is 15.3. The fourth-order valence-corrected chi connectivity index (χ4v) is 3.02. The number of aliphatic carboxylic acids is 3. The zero-order valence-electron chi connectivity index (χ0n) is 17.3. The Labute approximate surface area is 167 Å². The van der Waals surface area contributed by atoms with Gasteiger partial charge in [-0.1, -0.05) is 20.3 Å². The summed E-state index contributed by atoms with van der Waals surface area (Å²) in [6, 6.07) is 0. The van der Waals surface area contributed by atoms with Crippen LogP contribution in [-0.4, -0.2) is 107 Å². The minimum Gasteiger partial charge on any atom is -0.481 e. The summed E-state index contributed by atoms with van der Waals surface area (Å²) in [4.78, 5) is 38.6. The van der Waals surface area contributed by atoms with Crippen molar-refractivity contribution < 1.29 is 29.7 Å². The van der Waals surface area contributed by atoms with Crippen LogP contribution in [0.15, 0.2) is 0 Å². The van der Waals surface area contributed by atoms with Crippen LogP contribution in [0.3, 0.4) is 0 Å². The molecule has 3 N–H and O–H groups in total. The van der Waals surface area contributed by atoms with Gasteiger partial charge in [0.05, 0.1) is 13.1 Å². The maximum atomic E-state index is 11.1. The maximum Gasteiger partial charge on any atom is 0.317 e. The molecule has 9 nitrogen and oxygen atoms in total. The summed E-state index contributed by atoms with van der Waals surface area (Å²) in [5, 5.41) is 26.8. The van der Waals surface area contributed by atoms with Gasteiger partial charge in [0.2, 0.25) is 0 Å². The first-order chi connectivity index (χ1) is 13.3. The molecule has 0 fully saturated rings. The van der Waals surface area contributed by atoms with Crippen LogP contribution >= 0.6 is 0 Å². The van der Waals surface area contributed by atoms with Crippen molar-refractivity contribution in [3.8, 4) is 0 Å². The van der Waals surface area contributed by atoms with Crippen LogP contribution in [0.5, 0.6) is 0 Å². The minimum absolute atomic E-state index is 0.0303. The first-order valence-corrected chi connectivity index (χ1v) is 10.1. The largest absolute Gasteiger partial charge is 0.481 e. The molecule has 0 aliphatic rings. The monoisotopic (exact) mass is 403 g/mol. The van der Waals surface area contributed by atoms with Crippen LogP contribution < -0.4 is 0 Å². The van der Waals surface area contributed by atoms with Gasteiger partial charge in [0.15, 0.2) is 0 Å². The number of unbranched alkanes of at least 4 members (excludes halogenated alkanes) is 2. The molecule has 0 bridgehead atoms. The molecule has 0 saturated carbocycles. The van der Waals surface area contributed by atoms with Gasteiger partial charge in [-0.25, -0.2) is 0 Å². The van der Waals surface area contributed by atoms with Gasteiger partial charge in [-0.15, -0.1) is 0 Å². The van der Waals surface area contributed by atoms with Crippen LogP contribution in [0.4, 0.5) is 0 Å². The maximum absolute atomic E-state index is 11.1. The Bertz CT molecular complexity index is 461. The van der Waals surface area contributed by atoms with E-state index in [4.69, 9.17) is 15.3 Å². The number of nitrogens with zero attached hydrogens (tertiary/aromatic N) is 3. The van der Waals surface area contributed by atoms with Crippen molar-refractivity contribution >= 4 is 17.9 Å². The molecular weight excluding hydrogens is 366 g/mol. The summed E-state index contributed by atoms with van der Waals surface area (Å²) in [6.45, 7) is 8.98. The highest BCUT2D eigenvalue weighted by Gasteiger charge is 2.14. The third-order valence-electron chi connectivity index (χ3n) is 4.53. The van der Waals surface area contributed by atoms with Crippen molar-refractivity contribution in [1.82, 2.24) is 14.7 Å². The second-order valence-corrected chi connectivity index (χ2v) is 6.98. The Hall–Kier alpha value is -1.71. The van der Waals surface area contributed by atoms with E-state index in [2.05, 4.69) is 4.90 Å². The second kappa shape index (κ2) is 16.3. The summed E-state index contributed by atoms with van der Waals surface area (Å²) in [7, 11) is 0. The molecule has 0 unspecified atom stereocenters. The molecule has 0 aliphatic carbocycles. The Morgan fingerprint density at radius 3 is 1.54 bits per heavy atom. The first-order valence-electron chi connectivity index (χ1n) is 10.1. The third kappa shape index (κ3) is 15.4. The fourth-order valence-electron chi connectivity index (χ4n) is 3.02. The summed E-state index contributed by atoms with van der Waals surface area (Å²) in [6.07, 6.45) is 3.19. The highest BCUT2D eigenvalue weighted by molar-refractivity contribution is 5.69. The van der Waals surface area contributed by atoms with E-state index in [0.29, 0.717) is 32.6 Å². The van der Waals surface area contributed by atoms with E-state index in [1.807, 2.05) is 23.6 Å². The van der Waals surface area contributed by atoms with E-state index >= 15 is 0 Å². The number of carbonyl (C=O) groups is 3. The number of carboxylic acids is 3. The number of hydrogen-bond donors (Lipinski definition) is 3. The lowest BCUT2D eigenvalue weighted by Gasteiger charge is -2.28. The SMILES string of the molecule is CCCN(CCN(CC)CCN(CCCCCC(=O)O)CC(=O)O)CC(=O)O. The number of likely N-dealkylation sites (N-methyl/N-ethyl adjacent to an activating group) is 1. The highest BCUT2D eigenvalue weighted by atomic mass is 16.4. The lowest BCUT2D eigenvalue weighted by atomic mass is 10.2. The number of rotatable bonds is 19. The van der Waals surface area contributed by atoms with Gasteiger partial charge in [-0.2, -0.15) is 0 Å². The summed E-state index contributed by atoms with van der Waals surface area (Å²) >= 11 is 0. The summed E-state index contributed by atoms with van der Waals surface area (Å²) < 4.78 is 0. The zero-order valence-corrected chi connectivity index (χ0v) is 17.3. The fraction of sp³-hybridized carbons (Fsp3) is 0.842. The van der Waals surface area contributed by atoms with Crippen molar-refractivity contribution in [2.45, 2.75) is 46.0 Å². The molecule has 0 aromatic carbocycles. The zero-order chi connectivity index (χ0) is 21.4. The molecule has 0 spiro atoms. The topological polar surface area (TPSA) is 122 Å². The lowest BCUT2D eigenvalue weighted by molar-refractivity contribution is -0.139. The molecule has 0 heterocycles. The average molecular weight is 404 g/mol. The molecule has 0 aliphatic heterocycles. The van der Waals surface area contributed by atoms with E-state index in [1.54, 1.807) is 0 Å². The molecule has 0 radical (unpaired) electrons. The number of hydrogen-bond acceptors (Lipinski definition) is 6. The van der Waals surface area contributed by atoms with Gasteiger partial charge in [0, 0.05) is 32.6 Å². The standard InChI is InChI=1S/C19H37N3O6/c1-3-9-21(15-18(25)26)13-11-20(4-2)12-14-22(16-19(27)28)10-7-5-6-8-17(23)24/h3-16H2,1-2H3,(H,23,24)(H,25,26)(H,27,28).